The first-order chi connectivity index (χ1) is 13.3. The Morgan fingerprint density at radius 2 is 1.57 bits per heavy atom. The van der Waals surface area contributed by atoms with Gasteiger partial charge in [-0.2, -0.15) is 0 Å². The van der Waals surface area contributed by atoms with E-state index in [0.29, 0.717) is 18.7 Å². The number of nitrogens with zero attached hydrogens (tertiary/aromatic N) is 2. The fourth-order valence-electron chi connectivity index (χ4n) is 3.42. The van der Waals surface area contributed by atoms with E-state index in [1.54, 1.807) is 29.2 Å². The molecule has 0 N–H and O–H groups in total. The quantitative estimate of drug-likeness (QED) is 0.744. The van der Waals surface area contributed by atoms with Gasteiger partial charge in [0.15, 0.2) is 0 Å². The van der Waals surface area contributed by atoms with Gasteiger partial charge in [0.2, 0.25) is 11.8 Å². The molecule has 1 heterocycles. The zero-order chi connectivity index (χ0) is 20.3. The fraction of sp³-hybridized carbons (Fsp3) is 0.348. The summed E-state index contributed by atoms with van der Waals surface area (Å²) < 4.78 is 0. The highest BCUT2D eigenvalue weighted by atomic mass is 16.2. The van der Waals surface area contributed by atoms with Crippen molar-refractivity contribution in [1.82, 2.24) is 4.90 Å². The molecule has 1 saturated heterocycles. The van der Waals surface area contributed by atoms with Gasteiger partial charge in [0.05, 0.1) is 12.1 Å². The molecule has 1 fully saturated rings. The van der Waals surface area contributed by atoms with Crippen LogP contribution in [0.15, 0.2) is 60.7 Å². The van der Waals surface area contributed by atoms with Crippen molar-refractivity contribution in [3.8, 4) is 0 Å². The molecule has 3 amide bonds. The largest absolute Gasteiger partial charge is 0.326 e. The Morgan fingerprint density at radius 3 is 2.14 bits per heavy atom. The first kappa shape index (κ1) is 19.8. The Kier molecular flexibility index (Phi) is 5.63. The van der Waals surface area contributed by atoms with Crippen LogP contribution in [-0.2, 0) is 20.9 Å². The zero-order valence-electron chi connectivity index (χ0n) is 16.6. The van der Waals surface area contributed by atoms with Crippen molar-refractivity contribution < 1.29 is 14.4 Å². The highest BCUT2D eigenvalue weighted by Crippen LogP contribution is 2.29. The lowest BCUT2D eigenvalue weighted by atomic mass is 9.91. The second kappa shape index (κ2) is 7.97. The van der Waals surface area contributed by atoms with Crippen molar-refractivity contribution in [2.45, 2.75) is 46.2 Å². The van der Waals surface area contributed by atoms with Gasteiger partial charge in [-0.1, -0.05) is 69.3 Å². The first-order valence-electron chi connectivity index (χ1n) is 9.51. The molecule has 1 atom stereocenters. The van der Waals surface area contributed by atoms with E-state index < -0.39 is 6.04 Å². The average molecular weight is 378 g/mol. The molecule has 0 aliphatic carbocycles. The van der Waals surface area contributed by atoms with Crippen molar-refractivity contribution in [1.29, 1.82) is 0 Å². The molecule has 0 radical (unpaired) electrons. The van der Waals surface area contributed by atoms with E-state index >= 15 is 0 Å². The molecular weight excluding hydrogens is 352 g/mol. The number of para-hydroxylation sites is 1. The smallest absolute Gasteiger partial charge is 0.257 e. The lowest BCUT2D eigenvalue weighted by Crippen LogP contribution is -2.46. The van der Waals surface area contributed by atoms with Gasteiger partial charge < -0.3 is 4.90 Å². The lowest BCUT2D eigenvalue weighted by Gasteiger charge is -2.30. The van der Waals surface area contributed by atoms with Gasteiger partial charge in [-0.3, -0.25) is 14.4 Å². The number of amides is 3. The van der Waals surface area contributed by atoms with Crippen LogP contribution in [0.25, 0.3) is 0 Å². The molecule has 2 aromatic carbocycles. The molecule has 1 aliphatic heterocycles. The molecule has 28 heavy (non-hydrogen) atoms. The molecule has 0 aromatic heterocycles. The molecular formula is C23H26N2O3. The van der Waals surface area contributed by atoms with Crippen LogP contribution in [0.4, 0.5) is 5.69 Å². The van der Waals surface area contributed by atoms with Gasteiger partial charge >= 0.3 is 0 Å². The normalized spacial score (nSPS) is 17.1. The van der Waals surface area contributed by atoms with Gasteiger partial charge in [0.1, 0.15) is 6.04 Å². The lowest BCUT2D eigenvalue weighted by molar-refractivity contribution is -0.140. The van der Waals surface area contributed by atoms with Crippen LogP contribution in [-0.4, -0.2) is 28.7 Å². The number of hydrogen-bond acceptors (Lipinski definition) is 3. The summed E-state index contributed by atoms with van der Waals surface area (Å²) in [5, 5.41) is 0. The molecule has 5 heteroatoms. The molecule has 0 bridgehead atoms. The molecule has 3 rings (SSSR count). The fourth-order valence-corrected chi connectivity index (χ4v) is 3.42. The maximum Gasteiger partial charge on any atom is 0.257 e. The molecule has 1 aliphatic rings. The van der Waals surface area contributed by atoms with Gasteiger partial charge in [-0.15, -0.1) is 0 Å². The van der Waals surface area contributed by atoms with Crippen LogP contribution >= 0.6 is 0 Å². The summed E-state index contributed by atoms with van der Waals surface area (Å²) in [7, 11) is 0. The van der Waals surface area contributed by atoms with Crippen LogP contribution in [0, 0.1) is 5.41 Å². The Bertz CT molecular complexity index is 856. The second-order valence-electron chi connectivity index (χ2n) is 8.37. The van der Waals surface area contributed by atoms with Crippen molar-refractivity contribution in [2.24, 2.45) is 5.41 Å². The Hall–Kier alpha value is -2.95. The van der Waals surface area contributed by atoms with Crippen LogP contribution in [0.5, 0.6) is 0 Å². The third-order valence-electron chi connectivity index (χ3n) is 4.71. The van der Waals surface area contributed by atoms with E-state index in [4.69, 9.17) is 0 Å². The van der Waals surface area contributed by atoms with Gasteiger partial charge in [-0.05, 0) is 23.1 Å². The van der Waals surface area contributed by atoms with Crippen molar-refractivity contribution >= 4 is 23.4 Å². The maximum absolute atomic E-state index is 13.1. The van der Waals surface area contributed by atoms with Crippen molar-refractivity contribution in [2.75, 3.05) is 4.90 Å². The molecule has 2 aromatic rings. The first-order valence-corrected chi connectivity index (χ1v) is 9.51. The minimum atomic E-state index is -0.775. The zero-order valence-corrected chi connectivity index (χ0v) is 16.6. The second-order valence-corrected chi connectivity index (χ2v) is 8.37. The van der Waals surface area contributed by atoms with Crippen LogP contribution < -0.4 is 4.90 Å². The molecule has 0 saturated carbocycles. The standard InChI is InChI=1S/C23H26N2O3/c1-23(2,3)15-21(27)24(16-17-10-6-4-7-11-17)19-14-20(26)25(22(19)28)18-12-8-5-9-13-18/h4-13,19H,14-16H2,1-3H3. The summed E-state index contributed by atoms with van der Waals surface area (Å²) in [5.74, 6) is -0.727. The van der Waals surface area contributed by atoms with E-state index in [1.807, 2.05) is 57.2 Å². The Balaban J connectivity index is 1.90. The number of anilines is 1. The number of benzene rings is 2. The van der Waals surface area contributed by atoms with Gasteiger partial charge in [0.25, 0.3) is 5.91 Å². The summed E-state index contributed by atoms with van der Waals surface area (Å²) in [6.45, 7) is 6.28. The number of carbonyl (C=O) groups is 3. The number of imide groups is 1. The van der Waals surface area contributed by atoms with Gasteiger partial charge in [0, 0.05) is 13.0 Å². The van der Waals surface area contributed by atoms with E-state index in [0.717, 1.165) is 5.56 Å². The number of carbonyl (C=O) groups excluding carboxylic acids is 3. The van der Waals surface area contributed by atoms with Crippen molar-refractivity contribution in [3.05, 3.63) is 66.2 Å². The predicted octanol–water partition coefficient (Wildman–Crippen LogP) is 3.78. The van der Waals surface area contributed by atoms with E-state index in [-0.39, 0.29) is 29.6 Å². The number of hydrogen-bond donors (Lipinski definition) is 0. The summed E-state index contributed by atoms with van der Waals surface area (Å²) in [5.41, 5.74) is 1.27. The summed E-state index contributed by atoms with van der Waals surface area (Å²) in [6.07, 6.45) is 0.319. The van der Waals surface area contributed by atoms with Crippen molar-refractivity contribution in [3.63, 3.8) is 0 Å². The average Bonchev–Trinajstić information content (AvgIpc) is 2.94. The SMILES string of the molecule is CC(C)(C)CC(=O)N(Cc1ccccc1)C1CC(=O)N(c2ccccc2)C1=O. The monoisotopic (exact) mass is 378 g/mol. The summed E-state index contributed by atoms with van der Waals surface area (Å²) >= 11 is 0. The predicted molar refractivity (Wildman–Crippen MR) is 108 cm³/mol. The summed E-state index contributed by atoms with van der Waals surface area (Å²) in [6, 6.07) is 17.7. The van der Waals surface area contributed by atoms with E-state index in [1.165, 1.54) is 4.90 Å². The Morgan fingerprint density at radius 1 is 1.00 bits per heavy atom. The molecule has 146 valence electrons. The topological polar surface area (TPSA) is 57.7 Å². The van der Waals surface area contributed by atoms with Crippen LogP contribution in [0.2, 0.25) is 0 Å². The minimum absolute atomic E-state index is 0.0104. The summed E-state index contributed by atoms with van der Waals surface area (Å²) in [4.78, 5) is 41.6. The number of rotatable bonds is 5. The Labute approximate surface area is 166 Å². The van der Waals surface area contributed by atoms with Crippen LogP contribution in [0.1, 0.15) is 39.2 Å². The molecule has 0 spiro atoms. The van der Waals surface area contributed by atoms with E-state index in [9.17, 15) is 14.4 Å². The molecule has 1 unspecified atom stereocenters. The third kappa shape index (κ3) is 4.47. The highest BCUT2D eigenvalue weighted by Gasteiger charge is 2.44. The van der Waals surface area contributed by atoms with Gasteiger partial charge in [-0.25, -0.2) is 4.90 Å². The van der Waals surface area contributed by atoms with E-state index in [2.05, 4.69) is 0 Å². The van der Waals surface area contributed by atoms with Crippen LogP contribution in [0.3, 0.4) is 0 Å². The highest BCUT2D eigenvalue weighted by molar-refractivity contribution is 6.23. The minimum Gasteiger partial charge on any atom is -0.326 e. The third-order valence-corrected chi connectivity index (χ3v) is 4.71. The maximum atomic E-state index is 13.1. The molecule has 5 nitrogen and oxygen atoms in total.